The quantitative estimate of drug-likeness (QED) is 0.654. The molecular formula is C19H20N4O3. The van der Waals surface area contributed by atoms with Crippen molar-refractivity contribution < 1.29 is 15.1 Å². The van der Waals surface area contributed by atoms with Gasteiger partial charge >= 0.3 is 0 Å². The minimum atomic E-state index is -0.231. The minimum Gasteiger partial charge on any atom is -0.412 e. The molecule has 0 aliphatic heterocycles. The molecule has 2 amide bonds. The molecule has 134 valence electrons. The van der Waals surface area contributed by atoms with Crippen LogP contribution in [0.4, 0.5) is 11.4 Å². The third-order valence-electron chi connectivity index (χ3n) is 3.59. The van der Waals surface area contributed by atoms with Crippen molar-refractivity contribution in [2.75, 3.05) is 10.6 Å². The summed E-state index contributed by atoms with van der Waals surface area (Å²) >= 11 is 0. The Morgan fingerprint density at radius 2 is 1.58 bits per heavy atom. The number of rotatable bonds is 5. The Labute approximate surface area is 150 Å². The fourth-order valence-electron chi connectivity index (χ4n) is 2.41. The van der Waals surface area contributed by atoms with Gasteiger partial charge in [0.15, 0.2) is 0 Å². The minimum absolute atomic E-state index is 0. The summed E-state index contributed by atoms with van der Waals surface area (Å²) in [6.45, 7) is 1.88. The average Bonchev–Trinajstić information content (AvgIpc) is 3.02. The fraction of sp³-hybridized carbons (Fsp3) is 0.105. The zero-order valence-electron chi connectivity index (χ0n) is 14.2. The summed E-state index contributed by atoms with van der Waals surface area (Å²) in [6, 6.07) is 17.8. The van der Waals surface area contributed by atoms with Crippen molar-refractivity contribution in [3.05, 3.63) is 77.6 Å². The zero-order chi connectivity index (χ0) is 17.6. The second kappa shape index (κ2) is 8.59. The van der Waals surface area contributed by atoms with Crippen molar-refractivity contribution in [2.45, 2.75) is 13.3 Å². The second-order valence-corrected chi connectivity index (χ2v) is 5.63. The maximum atomic E-state index is 12.3. The molecule has 0 fully saturated rings. The van der Waals surface area contributed by atoms with Gasteiger partial charge in [0.05, 0.1) is 23.5 Å². The molecule has 0 aliphatic carbocycles. The monoisotopic (exact) mass is 352 g/mol. The average molecular weight is 352 g/mol. The van der Waals surface area contributed by atoms with E-state index in [0.717, 1.165) is 5.69 Å². The highest BCUT2D eigenvalue weighted by Gasteiger charge is 2.12. The van der Waals surface area contributed by atoms with E-state index in [-0.39, 0.29) is 23.7 Å². The van der Waals surface area contributed by atoms with Crippen LogP contribution in [0.5, 0.6) is 0 Å². The molecule has 0 bridgehead atoms. The number of carbonyl (C=O) groups excluding carboxylic acids is 2. The van der Waals surface area contributed by atoms with E-state index in [1.54, 1.807) is 48.5 Å². The van der Waals surface area contributed by atoms with E-state index in [4.69, 9.17) is 0 Å². The highest BCUT2D eigenvalue weighted by Crippen LogP contribution is 2.22. The van der Waals surface area contributed by atoms with Crippen molar-refractivity contribution in [1.29, 1.82) is 0 Å². The van der Waals surface area contributed by atoms with Crippen LogP contribution in [0.2, 0.25) is 0 Å². The maximum Gasteiger partial charge on any atom is 0.255 e. The number of hydrogen-bond donors (Lipinski definition) is 3. The number of benzene rings is 2. The van der Waals surface area contributed by atoms with Crippen LogP contribution in [0.3, 0.4) is 0 Å². The fourth-order valence-corrected chi connectivity index (χ4v) is 2.41. The van der Waals surface area contributed by atoms with Crippen LogP contribution in [0.15, 0.2) is 60.7 Å². The maximum absolute atomic E-state index is 12.3. The molecular weight excluding hydrogens is 332 g/mol. The number of aromatic nitrogens is 2. The smallest absolute Gasteiger partial charge is 0.255 e. The number of anilines is 2. The summed E-state index contributed by atoms with van der Waals surface area (Å²) in [5, 5.41) is 12.5. The first kappa shape index (κ1) is 18.9. The molecule has 0 spiro atoms. The Kier molecular flexibility index (Phi) is 6.24. The van der Waals surface area contributed by atoms with Gasteiger partial charge in [-0.1, -0.05) is 30.3 Å². The SMILES string of the molecule is Cc1cc(CC(=O)Nc2ccccc2NC(=O)c2ccccc2)n[nH]1.O. The van der Waals surface area contributed by atoms with Crippen LogP contribution >= 0.6 is 0 Å². The Bertz CT molecular complexity index is 891. The van der Waals surface area contributed by atoms with E-state index in [1.165, 1.54) is 0 Å². The Morgan fingerprint density at radius 3 is 2.19 bits per heavy atom. The van der Waals surface area contributed by atoms with Crippen LogP contribution in [-0.2, 0) is 11.2 Å². The van der Waals surface area contributed by atoms with Crippen molar-refractivity contribution >= 4 is 23.2 Å². The van der Waals surface area contributed by atoms with Crippen molar-refractivity contribution in [2.24, 2.45) is 0 Å². The number of aryl methyl sites for hydroxylation is 1. The largest absolute Gasteiger partial charge is 0.412 e. The molecule has 2 aromatic carbocycles. The molecule has 7 nitrogen and oxygen atoms in total. The Balaban J connectivity index is 0.00000243. The summed E-state index contributed by atoms with van der Waals surface area (Å²) in [4.78, 5) is 24.5. The van der Waals surface area contributed by atoms with Gasteiger partial charge in [0.1, 0.15) is 0 Å². The van der Waals surface area contributed by atoms with Gasteiger partial charge < -0.3 is 16.1 Å². The van der Waals surface area contributed by atoms with Crippen molar-refractivity contribution in [3.8, 4) is 0 Å². The molecule has 0 radical (unpaired) electrons. The first-order valence-electron chi connectivity index (χ1n) is 7.88. The number of nitrogens with zero attached hydrogens (tertiary/aromatic N) is 1. The normalized spacial score (nSPS) is 9.88. The number of hydrogen-bond acceptors (Lipinski definition) is 3. The lowest BCUT2D eigenvalue weighted by Crippen LogP contribution is -2.18. The first-order chi connectivity index (χ1) is 12.1. The molecule has 0 aliphatic rings. The number of carbonyl (C=O) groups is 2. The van der Waals surface area contributed by atoms with E-state index in [0.29, 0.717) is 22.6 Å². The number of aromatic amines is 1. The summed E-state index contributed by atoms with van der Waals surface area (Å²) in [7, 11) is 0. The zero-order valence-corrected chi connectivity index (χ0v) is 14.2. The number of nitrogens with one attached hydrogen (secondary N) is 3. The van der Waals surface area contributed by atoms with Crippen molar-refractivity contribution in [1.82, 2.24) is 10.2 Å². The molecule has 1 aromatic heterocycles. The molecule has 0 unspecified atom stereocenters. The molecule has 1 heterocycles. The number of amides is 2. The molecule has 7 heteroatoms. The van der Waals surface area contributed by atoms with E-state index in [9.17, 15) is 9.59 Å². The van der Waals surface area contributed by atoms with Gasteiger partial charge in [-0.2, -0.15) is 5.10 Å². The predicted octanol–water partition coefficient (Wildman–Crippen LogP) is 2.33. The lowest BCUT2D eigenvalue weighted by Gasteiger charge is -2.12. The Morgan fingerprint density at radius 1 is 0.962 bits per heavy atom. The summed E-state index contributed by atoms with van der Waals surface area (Å²) in [6.07, 6.45) is 0.158. The molecule has 3 rings (SSSR count). The van der Waals surface area contributed by atoms with Gasteiger partial charge in [0.25, 0.3) is 5.91 Å². The third-order valence-corrected chi connectivity index (χ3v) is 3.59. The van der Waals surface area contributed by atoms with Crippen LogP contribution in [0.1, 0.15) is 21.7 Å². The van der Waals surface area contributed by atoms with Gasteiger partial charge in [-0.25, -0.2) is 0 Å². The molecule has 0 atom stereocenters. The summed E-state index contributed by atoms with van der Waals surface area (Å²) in [5.74, 6) is -0.432. The molecule has 26 heavy (non-hydrogen) atoms. The van der Waals surface area contributed by atoms with E-state index >= 15 is 0 Å². The lowest BCUT2D eigenvalue weighted by molar-refractivity contribution is -0.115. The second-order valence-electron chi connectivity index (χ2n) is 5.63. The standard InChI is InChI=1S/C19H18N4O2.H2O/c1-13-11-15(23-22-13)12-18(24)20-16-9-5-6-10-17(16)21-19(25)14-7-3-2-4-8-14;/h2-11H,12H2,1H3,(H,20,24)(H,21,25)(H,22,23);1H2. The van der Waals surface area contributed by atoms with Gasteiger partial charge in [0, 0.05) is 11.3 Å². The highest BCUT2D eigenvalue weighted by atomic mass is 16.2. The number of H-pyrrole nitrogens is 1. The van der Waals surface area contributed by atoms with Gasteiger partial charge in [-0.3, -0.25) is 14.7 Å². The summed E-state index contributed by atoms with van der Waals surface area (Å²) in [5.41, 5.74) is 3.21. The highest BCUT2D eigenvalue weighted by molar-refractivity contribution is 6.07. The molecule has 0 saturated carbocycles. The predicted molar refractivity (Wildman–Crippen MR) is 100 cm³/mol. The topological polar surface area (TPSA) is 118 Å². The lowest BCUT2D eigenvalue weighted by atomic mass is 10.2. The molecule has 3 aromatic rings. The van der Waals surface area contributed by atoms with Gasteiger partial charge in [-0.15, -0.1) is 0 Å². The number of para-hydroxylation sites is 2. The Hall–Kier alpha value is -3.45. The van der Waals surface area contributed by atoms with Crippen LogP contribution in [0, 0.1) is 6.92 Å². The molecule has 5 N–H and O–H groups in total. The third kappa shape index (κ3) is 4.78. The van der Waals surface area contributed by atoms with E-state index < -0.39 is 0 Å². The van der Waals surface area contributed by atoms with Crippen molar-refractivity contribution in [3.63, 3.8) is 0 Å². The van der Waals surface area contributed by atoms with Gasteiger partial charge in [0.2, 0.25) is 5.91 Å². The van der Waals surface area contributed by atoms with Crippen LogP contribution in [-0.4, -0.2) is 27.5 Å². The van der Waals surface area contributed by atoms with E-state index in [1.807, 2.05) is 19.1 Å². The van der Waals surface area contributed by atoms with Gasteiger partial charge in [-0.05, 0) is 37.3 Å². The summed E-state index contributed by atoms with van der Waals surface area (Å²) < 4.78 is 0. The molecule has 0 saturated heterocycles. The van der Waals surface area contributed by atoms with E-state index in [2.05, 4.69) is 20.8 Å². The first-order valence-corrected chi connectivity index (χ1v) is 7.88. The van der Waals surface area contributed by atoms with Crippen LogP contribution < -0.4 is 10.6 Å². The van der Waals surface area contributed by atoms with Crippen LogP contribution in [0.25, 0.3) is 0 Å².